The Morgan fingerprint density at radius 2 is 2.00 bits per heavy atom. The molecule has 1 aliphatic heterocycles. The number of nitrogens with zero attached hydrogens (tertiary/aromatic N) is 2. The van der Waals surface area contributed by atoms with Crippen LogP contribution in [-0.2, 0) is 11.2 Å². The third-order valence-electron chi connectivity index (χ3n) is 5.15. The summed E-state index contributed by atoms with van der Waals surface area (Å²) >= 11 is 0. The van der Waals surface area contributed by atoms with Crippen molar-refractivity contribution in [1.29, 1.82) is 0 Å². The fourth-order valence-corrected chi connectivity index (χ4v) is 3.66. The van der Waals surface area contributed by atoms with E-state index in [1.54, 1.807) is 11.1 Å². The summed E-state index contributed by atoms with van der Waals surface area (Å²) < 4.78 is 38.0. The van der Waals surface area contributed by atoms with Crippen LogP contribution in [0.25, 0.3) is 0 Å². The van der Waals surface area contributed by atoms with Crippen molar-refractivity contribution in [2.45, 2.75) is 31.7 Å². The number of aromatic nitrogens is 1. The van der Waals surface area contributed by atoms with Gasteiger partial charge in [-0.3, -0.25) is 4.79 Å². The number of hydrogen-bond acceptors (Lipinski definition) is 4. The van der Waals surface area contributed by atoms with E-state index < -0.39 is 11.6 Å². The topological polar surface area (TPSA) is 55.6 Å². The van der Waals surface area contributed by atoms with Gasteiger partial charge >= 0.3 is 0 Å². The predicted molar refractivity (Wildman–Crippen MR) is 106 cm³/mol. The number of hydrogen-bond donors (Lipinski definition) is 0. The molecule has 5 nitrogen and oxygen atoms in total. The summed E-state index contributed by atoms with van der Waals surface area (Å²) in [6, 6.07) is 12.7. The Kier molecular flexibility index (Phi) is 6.07. The lowest BCUT2D eigenvalue weighted by Gasteiger charge is -2.33. The SMILES string of the molecule is O=C(COc1ccc(F)cc1F)N1CCCC[C@@H]1c1ncc(Cc2ccccc2)o1. The molecule has 0 bridgehead atoms. The number of ether oxygens (including phenoxy) is 1. The highest BCUT2D eigenvalue weighted by Gasteiger charge is 2.31. The van der Waals surface area contributed by atoms with Crippen molar-refractivity contribution < 1.29 is 22.7 Å². The van der Waals surface area contributed by atoms with E-state index in [2.05, 4.69) is 4.98 Å². The van der Waals surface area contributed by atoms with Crippen LogP contribution >= 0.6 is 0 Å². The molecular formula is C23H22F2N2O3. The van der Waals surface area contributed by atoms with Gasteiger partial charge in [-0.2, -0.15) is 0 Å². The molecule has 0 spiro atoms. The molecule has 2 heterocycles. The van der Waals surface area contributed by atoms with Gasteiger partial charge in [-0.25, -0.2) is 13.8 Å². The van der Waals surface area contributed by atoms with Crippen molar-refractivity contribution in [3.63, 3.8) is 0 Å². The number of amides is 1. The van der Waals surface area contributed by atoms with E-state index in [0.717, 1.165) is 42.7 Å². The molecule has 3 aromatic rings. The summed E-state index contributed by atoms with van der Waals surface area (Å²) in [6.07, 6.45) is 4.89. The van der Waals surface area contributed by atoms with Crippen LogP contribution in [0.3, 0.4) is 0 Å². The number of piperidine rings is 1. The first-order valence-electron chi connectivity index (χ1n) is 9.96. The minimum atomic E-state index is -0.837. The van der Waals surface area contributed by atoms with Gasteiger partial charge in [0, 0.05) is 19.0 Å². The van der Waals surface area contributed by atoms with Gasteiger partial charge < -0.3 is 14.1 Å². The Labute approximate surface area is 173 Å². The number of halogens is 2. The van der Waals surface area contributed by atoms with Crippen LogP contribution in [-0.4, -0.2) is 28.9 Å². The minimum absolute atomic E-state index is 0.153. The van der Waals surface area contributed by atoms with Gasteiger partial charge in [0.25, 0.3) is 5.91 Å². The highest BCUT2D eigenvalue weighted by molar-refractivity contribution is 5.78. The molecule has 1 fully saturated rings. The molecule has 1 saturated heterocycles. The molecule has 7 heteroatoms. The van der Waals surface area contributed by atoms with Crippen molar-refractivity contribution in [2.24, 2.45) is 0 Å². The summed E-state index contributed by atoms with van der Waals surface area (Å²) in [6.45, 7) is 0.214. The van der Waals surface area contributed by atoms with Gasteiger partial charge in [-0.05, 0) is 37.0 Å². The van der Waals surface area contributed by atoms with Crippen LogP contribution in [0.15, 0.2) is 59.1 Å². The molecule has 30 heavy (non-hydrogen) atoms. The minimum Gasteiger partial charge on any atom is -0.481 e. The average molecular weight is 412 g/mol. The smallest absolute Gasteiger partial charge is 0.261 e. The number of carbonyl (C=O) groups excluding carboxylic acids is 1. The first kappa shape index (κ1) is 20.1. The summed E-state index contributed by atoms with van der Waals surface area (Å²) in [4.78, 5) is 18.8. The van der Waals surface area contributed by atoms with Gasteiger partial charge in [0.1, 0.15) is 17.6 Å². The average Bonchev–Trinajstić information content (AvgIpc) is 3.22. The van der Waals surface area contributed by atoms with Crippen LogP contribution in [0.1, 0.15) is 42.5 Å². The van der Waals surface area contributed by atoms with E-state index in [-0.39, 0.29) is 24.3 Å². The van der Waals surface area contributed by atoms with Gasteiger partial charge in [0.05, 0.1) is 6.20 Å². The molecule has 0 saturated carbocycles. The van der Waals surface area contributed by atoms with Gasteiger partial charge in [-0.15, -0.1) is 0 Å². The zero-order valence-corrected chi connectivity index (χ0v) is 16.4. The van der Waals surface area contributed by atoms with E-state index in [0.29, 0.717) is 18.9 Å². The zero-order chi connectivity index (χ0) is 20.9. The molecule has 1 aliphatic rings. The lowest BCUT2D eigenvalue weighted by atomic mass is 10.0. The highest BCUT2D eigenvalue weighted by atomic mass is 19.1. The fraction of sp³-hybridized carbons (Fsp3) is 0.304. The van der Waals surface area contributed by atoms with E-state index in [9.17, 15) is 13.6 Å². The predicted octanol–water partition coefficient (Wildman–Crippen LogP) is 4.68. The Balaban J connectivity index is 1.43. The molecule has 156 valence electrons. The van der Waals surface area contributed by atoms with Crippen molar-refractivity contribution in [3.8, 4) is 5.75 Å². The third kappa shape index (κ3) is 4.67. The Bertz CT molecular complexity index is 1010. The highest BCUT2D eigenvalue weighted by Crippen LogP contribution is 2.31. The van der Waals surface area contributed by atoms with Crippen molar-refractivity contribution in [3.05, 3.63) is 83.6 Å². The van der Waals surface area contributed by atoms with Crippen LogP contribution in [0.4, 0.5) is 8.78 Å². The molecule has 2 aromatic carbocycles. The number of benzene rings is 2. The monoisotopic (exact) mass is 412 g/mol. The van der Waals surface area contributed by atoms with Gasteiger partial charge in [0.2, 0.25) is 5.89 Å². The second-order valence-corrected chi connectivity index (χ2v) is 7.29. The van der Waals surface area contributed by atoms with Crippen LogP contribution < -0.4 is 4.74 Å². The van der Waals surface area contributed by atoms with Crippen LogP contribution in [0.2, 0.25) is 0 Å². The molecule has 0 unspecified atom stereocenters. The second kappa shape index (κ2) is 9.07. The van der Waals surface area contributed by atoms with Crippen LogP contribution in [0.5, 0.6) is 5.75 Å². The second-order valence-electron chi connectivity index (χ2n) is 7.29. The first-order valence-corrected chi connectivity index (χ1v) is 9.96. The fourth-order valence-electron chi connectivity index (χ4n) is 3.66. The molecule has 0 aliphatic carbocycles. The number of likely N-dealkylation sites (tertiary alicyclic amines) is 1. The standard InChI is InChI=1S/C23H22F2N2O3/c24-17-9-10-21(19(25)13-17)29-15-22(28)27-11-5-4-8-20(27)23-26-14-18(30-23)12-16-6-2-1-3-7-16/h1-3,6-7,9-10,13-14,20H,4-5,8,11-12,15H2/t20-/m1/s1. The van der Waals surface area contributed by atoms with Gasteiger partial charge in [-0.1, -0.05) is 30.3 Å². The summed E-state index contributed by atoms with van der Waals surface area (Å²) in [5, 5.41) is 0. The van der Waals surface area contributed by atoms with Crippen molar-refractivity contribution >= 4 is 5.91 Å². The van der Waals surface area contributed by atoms with E-state index in [1.807, 2.05) is 30.3 Å². The Morgan fingerprint density at radius 1 is 1.17 bits per heavy atom. The maximum Gasteiger partial charge on any atom is 0.261 e. The number of oxazole rings is 1. The molecule has 0 N–H and O–H groups in total. The zero-order valence-electron chi connectivity index (χ0n) is 16.4. The first-order chi connectivity index (χ1) is 14.6. The molecule has 1 amide bonds. The molecule has 1 atom stereocenters. The molecule has 1 aromatic heterocycles. The lowest BCUT2D eigenvalue weighted by molar-refractivity contribution is -0.137. The van der Waals surface area contributed by atoms with E-state index in [1.165, 1.54) is 6.07 Å². The maximum atomic E-state index is 13.8. The molecular weight excluding hydrogens is 390 g/mol. The summed E-state index contributed by atoms with van der Waals surface area (Å²) in [5.74, 6) is -0.736. The van der Waals surface area contributed by atoms with E-state index >= 15 is 0 Å². The largest absolute Gasteiger partial charge is 0.481 e. The summed E-state index contributed by atoms with van der Waals surface area (Å²) in [5.41, 5.74) is 1.12. The van der Waals surface area contributed by atoms with Gasteiger partial charge in [0.15, 0.2) is 18.2 Å². The summed E-state index contributed by atoms with van der Waals surface area (Å²) in [7, 11) is 0. The van der Waals surface area contributed by atoms with Crippen LogP contribution in [0, 0.1) is 11.6 Å². The van der Waals surface area contributed by atoms with Crippen molar-refractivity contribution in [1.82, 2.24) is 9.88 Å². The Hall–Kier alpha value is -3.22. The molecule has 4 rings (SSSR count). The normalized spacial score (nSPS) is 16.5. The maximum absolute atomic E-state index is 13.8. The molecule has 0 radical (unpaired) electrons. The lowest BCUT2D eigenvalue weighted by Crippen LogP contribution is -2.41. The third-order valence-corrected chi connectivity index (χ3v) is 5.15. The quantitative estimate of drug-likeness (QED) is 0.590. The number of carbonyl (C=O) groups is 1. The number of rotatable bonds is 6. The Morgan fingerprint density at radius 3 is 2.80 bits per heavy atom. The van der Waals surface area contributed by atoms with Crippen molar-refractivity contribution in [2.75, 3.05) is 13.2 Å². The van der Waals surface area contributed by atoms with E-state index in [4.69, 9.17) is 9.15 Å².